The van der Waals surface area contributed by atoms with E-state index in [-0.39, 0.29) is 18.4 Å². The molecule has 0 saturated carbocycles. The molecule has 6 heteroatoms. The molecule has 144 valence electrons. The van der Waals surface area contributed by atoms with Crippen molar-refractivity contribution in [1.82, 2.24) is 9.80 Å². The van der Waals surface area contributed by atoms with Crippen molar-refractivity contribution in [3.63, 3.8) is 0 Å². The SMILES string of the molecule is CCCN(CC(=O)Nc1ccccc1OC)CC(=O)N1CCCC(C)C1. The molecule has 1 saturated heterocycles. The molecule has 2 amide bonds. The quantitative estimate of drug-likeness (QED) is 0.773. The Morgan fingerprint density at radius 2 is 2.08 bits per heavy atom. The van der Waals surface area contributed by atoms with E-state index in [4.69, 9.17) is 4.74 Å². The number of carbonyl (C=O) groups excluding carboxylic acids is 2. The second-order valence-corrected chi connectivity index (χ2v) is 7.05. The zero-order valence-electron chi connectivity index (χ0n) is 16.2. The van der Waals surface area contributed by atoms with Crippen LogP contribution in [0.4, 0.5) is 5.69 Å². The Morgan fingerprint density at radius 1 is 1.31 bits per heavy atom. The molecule has 2 rings (SSSR count). The minimum Gasteiger partial charge on any atom is -0.495 e. The van der Waals surface area contributed by atoms with Gasteiger partial charge in [0.05, 0.1) is 25.9 Å². The van der Waals surface area contributed by atoms with Gasteiger partial charge in [0.25, 0.3) is 0 Å². The van der Waals surface area contributed by atoms with Crippen molar-refractivity contribution in [1.29, 1.82) is 0 Å². The molecule has 1 aliphatic rings. The Labute approximate surface area is 156 Å². The third-order valence-electron chi connectivity index (χ3n) is 4.66. The molecule has 1 atom stereocenters. The summed E-state index contributed by atoms with van der Waals surface area (Å²) >= 11 is 0. The van der Waals surface area contributed by atoms with Crippen LogP contribution >= 0.6 is 0 Å². The Balaban J connectivity index is 1.92. The van der Waals surface area contributed by atoms with Crippen molar-refractivity contribution >= 4 is 17.5 Å². The fourth-order valence-electron chi connectivity index (χ4n) is 3.38. The summed E-state index contributed by atoms with van der Waals surface area (Å²) in [4.78, 5) is 28.9. The number of ether oxygens (including phenoxy) is 1. The highest BCUT2D eigenvalue weighted by Gasteiger charge is 2.23. The lowest BCUT2D eigenvalue weighted by molar-refractivity contribution is -0.134. The molecule has 0 radical (unpaired) electrons. The van der Waals surface area contributed by atoms with Gasteiger partial charge >= 0.3 is 0 Å². The van der Waals surface area contributed by atoms with Gasteiger partial charge in [-0.25, -0.2) is 0 Å². The third-order valence-corrected chi connectivity index (χ3v) is 4.66. The number of likely N-dealkylation sites (tertiary alicyclic amines) is 1. The molecule has 0 bridgehead atoms. The largest absolute Gasteiger partial charge is 0.495 e. The summed E-state index contributed by atoms with van der Waals surface area (Å²) in [6.45, 7) is 7.10. The van der Waals surface area contributed by atoms with Crippen molar-refractivity contribution < 1.29 is 14.3 Å². The van der Waals surface area contributed by atoms with Gasteiger partial charge in [0.2, 0.25) is 11.8 Å². The molecule has 0 aromatic heterocycles. The minimum atomic E-state index is -0.136. The molecule has 6 nitrogen and oxygen atoms in total. The predicted octanol–water partition coefficient (Wildman–Crippen LogP) is 2.60. The summed E-state index contributed by atoms with van der Waals surface area (Å²) in [5.41, 5.74) is 0.646. The number of rotatable bonds is 8. The zero-order chi connectivity index (χ0) is 18.9. The highest BCUT2D eigenvalue weighted by atomic mass is 16.5. The first-order valence-corrected chi connectivity index (χ1v) is 9.46. The molecule has 1 unspecified atom stereocenters. The number of methoxy groups -OCH3 is 1. The molecule has 0 aliphatic carbocycles. The summed E-state index contributed by atoms with van der Waals surface area (Å²) in [6.07, 6.45) is 3.14. The molecular weight excluding hydrogens is 330 g/mol. The smallest absolute Gasteiger partial charge is 0.238 e. The number of benzene rings is 1. The lowest BCUT2D eigenvalue weighted by atomic mass is 10.0. The maximum absolute atomic E-state index is 12.6. The summed E-state index contributed by atoms with van der Waals surface area (Å²) in [7, 11) is 1.58. The lowest BCUT2D eigenvalue weighted by Crippen LogP contribution is -2.46. The van der Waals surface area contributed by atoms with E-state index in [2.05, 4.69) is 19.2 Å². The number of nitrogens with zero attached hydrogens (tertiary/aromatic N) is 2. The van der Waals surface area contributed by atoms with Crippen molar-refractivity contribution in [3.8, 4) is 5.75 Å². The van der Waals surface area contributed by atoms with Gasteiger partial charge < -0.3 is 15.0 Å². The van der Waals surface area contributed by atoms with Gasteiger partial charge in [-0.2, -0.15) is 0 Å². The van der Waals surface area contributed by atoms with E-state index < -0.39 is 0 Å². The van der Waals surface area contributed by atoms with Crippen LogP contribution < -0.4 is 10.1 Å². The average Bonchev–Trinajstić information content (AvgIpc) is 2.62. The lowest BCUT2D eigenvalue weighted by Gasteiger charge is -2.32. The standard InChI is InChI=1S/C20H31N3O3/c1-4-11-22(15-20(25)23-12-7-8-16(2)13-23)14-19(24)21-17-9-5-6-10-18(17)26-3/h5-6,9-10,16H,4,7-8,11-15H2,1-3H3,(H,21,24). The van der Waals surface area contributed by atoms with Crippen molar-refractivity contribution in [2.75, 3.05) is 45.2 Å². The van der Waals surface area contributed by atoms with E-state index >= 15 is 0 Å². The van der Waals surface area contributed by atoms with Gasteiger partial charge in [0.15, 0.2) is 0 Å². The highest BCUT2D eigenvalue weighted by molar-refractivity contribution is 5.94. The van der Waals surface area contributed by atoms with Gasteiger partial charge in [-0.15, -0.1) is 0 Å². The molecule has 1 heterocycles. The first-order valence-electron chi connectivity index (χ1n) is 9.46. The van der Waals surface area contributed by atoms with Crippen LogP contribution in [-0.2, 0) is 9.59 Å². The molecule has 1 fully saturated rings. The maximum atomic E-state index is 12.6. The van der Waals surface area contributed by atoms with Crippen molar-refractivity contribution in [3.05, 3.63) is 24.3 Å². The topological polar surface area (TPSA) is 61.9 Å². The number of carbonyl (C=O) groups is 2. The molecule has 1 aliphatic heterocycles. The summed E-state index contributed by atoms with van der Waals surface area (Å²) in [5.74, 6) is 1.17. The predicted molar refractivity (Wildman–Crippen MR) is 103 cm³/mol. The monoisotopic (exact) mass is 361 g/mol. The van der Waals surface area contributed by atoms with Crippen molar-refractivity contribution in [2.24, 2.45) is 5.92 Å². The normalized spacial score (nSPS) is 17.2. The minimum absolute atomic E-state index is 0.120. The third kappa shape index (κ3) is 6.02. The zero-order valence-corrected chi connectivity index (χ0v) is 16.2. The summed E-state index contributed by atoms with van der Waals surface area (Å²) in [6, 6.07) is 7.32. The average molecular weight is 361 g/mol. The Kier molecular flexibility index (Phi) is 7.91. The summed E-state index contributed by atoms with van der Waals surface area (Å²) in [5, 5.41) is 2.88. The Hall–Kier alpha value is -2.08. The van der Waals surface area contributed by atoms with Gasteiger partial charge in [-0.05, 0) is 43.9 Å². The number of nitrogens with one attached hydrogen (secondary N) is 1. The van der Waals surface area contributed by atoms with E-state index in [1.165, 1.54) is 6.42 Å². The molecule has 0 spiro atoms. The number of piperidine rings is 1. The number of anilines is 1. The van der Waals surface area contributed by atoms with Crippen LogP contribution in [0.3, 0.4) is 0 Å². The summed E-state index contributed by atoms with van der Waals surface area (Å²) < 4.78 is 5.26. The van der Waals surface area contributed by atoms with Gasteiger partial charge in [-0.1, -0.05) is 26.0 Å². The van der Waals surface area contributed by atoms with E-state index in [9.17, 15) is 9.59 Å². The Morgan fingerprint density at radius 3 is 2.77 bits per heavy atom. The van der Waals surface area contributed by atoms with Gasteiger partial charge in [0, 0.05) is 13.1 Å². The Bertz CT molecular complexity index is 606. The van der Waals surface area contributed by atoms with Crippen LogP contribution in [0, 0.1) is 5.92 Å². The van der Waals surface area contributed by atoms with Gasteiger partial charge in [0.1, 0.15) is 5.75 Å². The first-order chi connectivity index (χ1) is 12.5. The number of hydrogen-bond acceptors (Lipinski definition) is 4. The number of amides is 2. The first kappa shape index (κ1) is 20.2. The van der Waals surface area contributed by atoms with E-state index in [0.717, 1.165) is 25.9 Å². The van der Waals surface area contributed by atoms with Crippen molar-refractivity contribution in [2.45, 2.75) is 33.1 Å². The second-order valence-electron chi connectivity index (χ2n) is 7.05. The fraction of sp³-hybridized carbons (Fsp3) is 0.600. The van der Waals surface area contributed by atoms with Crippen LogP contribution in [0.15, 0.2) is 24.3 Å². The number of hydrogen-bond donors (Lipinski definition) is 1. The van der Waals surface area contributed by atoms with Crippen LogP contribution in [-0.4, -0.2) is 61.4 Å². The molecule has 1 aromatic carbocycles. The molecule has 1 aromatic rings. The molecule has 26 heavy (non-hydrogen) atoms. The van der Waals surface area contributed by atoms with E-state index in [0.29, 0.717) is 30.4 Å². The van der Waals surface area contributed by atoms with Crippen LogP contribution in [0.5, 0.6) is 5.75 Å². The fourth-order valence-corrected chi connectivity index (χ4v) is 3.38. The molecular formula is C20H31N3O3. The van der Waals surface area contributed by atoms with E-state index in [1.54, 1.807) is 19.2 Å². The van der Waals surface area contributed by atoms with E-state index in [1.807, 2.05) is 21.9 Å². The second kappa shape index (κ2) is 10.2. The number of para-hydroxylation sites is 2. The maximum Gasteiger partial charge on any atom is 0.238 e. The van der Waals surface area contributed by atoms with Crippen LogP contribution in [0.25, 0.3) is 0 Å². The molecule has 1 N–H and O–H groups in total. The van der Waals surface area contributed by atoms with Crippen LogP contribution in [0.2, 0.25) is 0 Å². The highest BCUT2D eigenvalue weighted by Crippen LogP contribution is 2.23. The van der Waals surface area contributed by atoms with Crippen LogP contribution in [0.1, 0.15) is 33.1 Å². The van der Waals surface area contributed by atoms with Gasteiger partial charge in [-0.3, -0.25) is 14.5 Å².